The van der Waals surface area contributed by atoms with Gasteiger partial charge in [-0.3, -0.25) is 4.90 Å². The van der Waals surface area contributed by atoms with Gasteiger partial charge in [0, 0.05) is 74.8 Å². The van der Waals surface area contributed by atoms with Crippen molar-refractivity contribution in [3.63, 3.8) is 0 Å². The number of fused-ring (bicyclic) bond motifs is 2. The number of methoxy groups -OCH3 is 3. The molecule has 8 heteroatoms. The lowest BCUT2D eigenvalue weighted by atomic mass is 9.43. The van der Waals surface area contributed by atoms with E-state index in [2.05, 4.69) is 11.8 Å². The summed E-state index contributed by atoms with van der Waals surface area (Å²) in [6.45, 7) is 4.51. The number of esters is 1. The molecular weight excluding hydrogens is 498 g/mol. The van der Waals surface area contributed by atoms with E-state index in [0.717, 1.165) is 25.9 Å². The third-order valence-corrected chi connectivity index (χ3v) is 12.3. The molecule has 7 rings (SSSR count). The van der Waals surface area contributed by atoms with Gasteiger partial charge in [0.2, 0.25) is 0 Å². The van der Waals surface area contributed by atoms with Crippen LogP contribution < -0.4 is 0 Å². The van der Waals surface area contributed by atoms with Crippen LogP contribution in [0.1, 0.15) is 43.0 Å². The third-order valence-electron chi connectivity index (χ3n) is 12.3. The zero-order valence-corrected chi connectivity index (χ0v) is 23.5. The quantitative estimate of drug-likeness (QED) is 0.508. The van der Waals surface area contributed by atoms with Crippen molar-refractivity contribution in [3.05, 3.63) is 35.9 Å². The summed E-state index contributed by atoms with van der Waals surface area (Å²) in [5, 5.41) is 25.2. The van der Waals surface area contributed by atoms with E-state index in [-0.39, 0.29) is 59.2 Å². The minimum absolute atomic E-state index is 0.0104. The maximum absolute atomic E-state index is 13.4. The molecule has 2 N–H and O–H groups in total. The molecular formula is C31H43NO7. The number of nitrogens with zero attached hydrogens (tertiary/aromatic N) is 1. The number of hydrogen-bond acceptors (Lipinski definition) is 8. The Kier molecular flexibility index (Phi) is 6.06. The van der Waals surface area contributed by atoms with E-state index in [1.165, 1.54) is 0 Å². The fourth-order valence-electron chi connectivity index (χ4n) is 11.6. The SMILES string of the molecule is CCN1C[C@]2(COC)CC[C@H](O)[C@@]34[C@@H]5C[C@@H]6[C@H](OC(=O)c7ccccc7)[C@@H]5[C@](O)(C[C@@H]6OC)[C@H]([C@H](OC)[C@H]23)[C@@H]14. The number of hydrogen-bond donors (Lipinski definition) is 2. The largest absolute Gasteiger partial charge is 0.458 e. The molecule has 8 nitrogen and oxygen atoms in total. The molecule has 5 saturated carbocycles. The number of aliphatic hydroxyl groups is 2. The van der Waals surface area contributed by atoms with Gasteiger partial charge in [0.1, 0.15) is 6.10 Å². The molecule has 39 heavy (non-hydrogen) atoms. The second-order valence-electron chi connectivity index (χ2n) is 13.3. The van der Waals surface area contributed by atoms with Gasteiger partial charge >= 0.3 is 5.97 Å². The molecule has 7 bridgehead atoms. The number of carbonyl (C=O) groups is 1. The van der Waals surface area contributed by atoms with Crippen molar-refractivity contribution < 1.29 is 34.0 Å². The first kappa shape index (κ1) is 26.4. The topological polar surface area (TPSA) is 97.7 Å². The van der Waals surface area contributed by atoms with E-state index in [4.69, 9.17) is 18.9 Å². The van der Waals surface area contributed by atoms with Crippen LogP contribution in [0.3, 0.4) is 0 Å². The van der Waals surface area contributed by atoms with Crippen molar-refractivity contribution in [1.29, 1.82) is 0 Å². The maximum atomic E-state index is 13.4. The van der Waals surface area contributed by atoms with Crippen LogP contribution in [0.5, 0.6) is 0 Å². The van der Waals surface area contributed by atoms with Gasteiger partial charge in [-0.25, -0.2) is 4.79 Å². The Morgan fingerprint density at radius 1 is 1.10 bits per heavy atom. The number of rotatable bonds is 7. The highest BCUT2D eigenvalue weighted by Gasteiger charge is 2.86. The standard InChI is InChI=1S/C31H43NO7/c1-5-32-15-29(16-36-2)12-11-21(33)31-19-13-18-20(37-3)14-30(35,23(27(31)32)25(38-4)26(29)31)22(19)24(18)39-28(34)17-9-7-6-8-10-17/h6-10,18-27,33,35H,5,11-16H2,1-4H3/t18-,19+,20-,21-,22+,23+,24-,25-,26+,27+,29-,30+,31-/m0/s1. The summed E-state index contributed by atoms with van der Waals surface area (Å²) in [7, 11) is 5.24. The van der Waals surface area contributed by atoms with Crippen LogP contribution in [-0.2, 0) is 18.9 Å². The van der Waals surface area contributed by atoms with Gasteiger partial charge in [-0.1, -0.05) is 25.1 Å². The Morgan fingerprint density at radius 3 is 2.54 bits per heavy atom. The van der Waals surface area contributed by atoms with Crippen molar-refractivity contribution in [1.82, 2.24) is 4.90 Å². The Hall–Kier alpha value is -1.55. The zero-order valence-electron chi connectivity index (χ0n) is 23.5. The molecule has 6 fully saturated rings. The Morgan fingerprint density at radius 2 is 1.87 bits per heavy atom. The summed E-state index contributed by atoms with van der Waals surface area (Å²) in [6.07, 6.45) is 1.36. The van der Waals surface area contributed by atoms with E-state index in [1.54, 1.807) is 33.5 Å². The second-order valence-corrected chi connectivity index (χ2v) is 13.3. The molecule has 0 radical (unpaired) electrons. The predicted molar refractivity (Wildman–Crippen MR) is 142 cm³/mol. The van der Waals surface area contributed by atoms with Crippen molar-refractivity contribution in [2.24, 2.45) is 40.4 Å². The minimum atomic E-state index is -1.15. The molecule has 1 spiro atoms. The van der Waals surface area contributed by atoms with Crippen molar-refractivity contribution in [2.45, 2.75) is 68.7 Å². The van der Waals surface area contributed by atoms with E-state index >= 15 is 0 Å². The average Bonchev–Trinajstić information content (AvgIpc) is 3.38. The highest BCUT2D eigenvalue weighted by atomic mass is 16.6. The lowest BCUT2D eigenvalue weighted by molar-refractivity contribution is -0.272. The monoisotopic (exact) mass is 541 g/mol. The number of aliphatic hydroxyl groups excluding tert-OH is 1. The third kappa shape index (κ3) is 3.08. The minimum Gasteiger partial charge on any atom is -0.458 e. The number of likely N-dealkylation sites (tertiary alicyclic amines) is 1. The molecule has 1 saturated heterocycles. The Labute approximate surface area is 230 Å². The summed E-state index contributed by atoms with van der Waals surface area (Å²) in [6, 6.07) is 9.09. The van der Waals surface area contributed by atoms with Crippen LogP contribution >= 0.6 is 0 Å². The molecule has 1 aliphatic heterocycles. The fraction of sp³-hybridized carbons (Fsp3) is 0.774. The summed E-state index contributed by atoms with van der Waals surface area (Å²) in [4.78, 5) is 15.9. The first-order valence-electron chi connectivity index (χ1n) is 14.8. The fourth-order valence-corrected chi connectivity index (χ4v) is 11.6. The molecule has 0 aromatic heterocycles. The molecule has 0 amide bonds. The number of ether oxygens (including phenoxy) is 4. The van der Waals surface area contributed by atoms with E-state index in [1.807, 2.05) is 18.2 Å². The lowest BCUT2D eigenvalue weighted by Gasteiger charge is -2.68. The molecule has 13 atom stereocenters. The number of benzene rings is 1. The first-order chi connectivity index (χ1) is 18.8. The van der Waals surface area contributed by atoms with Crippen LogP contribution in [0.25, 0.3) is 0 Å². The van der Waals surface area contributed by atoms with Crippen molar-refractivity contribution >= 4 is 5.97 Å². The normalized spacial score (nSPS) is 51.1. The van der Waals surface area contributed by atoms with Gasteiger partial charge in [0.15, 0.2) is 0 Å². The zero-order chi connectivity index (χ0) is 27.3. The summed E-state index contributed by atoms with van der Waals surface area (Å²) >= 11 is 0. The summed E-state index contributed by atoms with van der Waals surface area (Å²) < 4.78 is 24.8. The van der Waals surface area contributed by atoms with E-state index in [9.17, 15) is 15.0 Å². The summed E-state index contributed by atoms with van der Waals surface area (Å²) in [5.74, 6) is -0.869. The molecule has 5 aliphatic carbocycles. The second kappa shape index (κ2) is 8.97. The van der Waals surface area contributed by atoms with Gasteiger partial charge in [-0.05, 0) is 43.9 Å². The number of piperidine rings is 1. The molecule has 1 aromatic rings. The highest BCUT2D eigenvalue weighted by Crippen LogP contribution is 2.79. The van der Waals surface area contributed by atoms with Crippen molar-refractivity contribution in [3.8, 4) is 0 Å². The molecule has 1 heterocycles. The molecule has 6 aliphatic rings. The maximum Gasteiger partial charge on any atom is 0.338 e. The smallest absolute Gasteiger partial charge is 0.338 e. The van der Waals surface area contributed by atoms with Gasteiger partial charge < -0.3 is 29.2 Å². The van der Waals surface area contributed by atoms with Gasteiger partial charge in [-0.2, -0.15) is 0 Å². The Balaban J connectivity index is 1.41. The highest BCUT2D eigenvalue weighted by molar-refractivity contribution is 5.89. The van der Waals surface area contributed by atoms with Crippen LogP contribution in [0.2, 0.25) is 0 Å². The van der Waals surface area contributed by atoms with Crippen LogP contribution in [0.15, 0.2) is 30.3 Å². The van der Waals surface area contributed by atoms with Crippen LogP contribution in [0.4, 0.5) is 0 Å². The van der Waals surface area contributed by atoms with Gasteiger partial charge in [0.25, 0.3) is 0 Å². The Bertz CT molecular complexity index is 1120. The van der Waals surface area contributed by atoms with Crippen LogP contribution in [0, 0.1) is 40.4 Å². The number of carbonyl (C=O) groups excluding carboxylic acids is 1. The first-order valence-corrected chi connectivity index (χ1v) is 14.8. The molecule has 214 valence electrons. The van der Waals surface area contributed by atoms with E-state index in [0.29, 0.717) is 25.0 Å². The molecule has 1 aromatic carbocycles. The summed E-state index contributed by atoms with van der Waals surface area (Å²) in [5.41, 5.74) is -1.28. The van der Waals surface area contributed by atoms with Crippen LogP contribution in [-0.4, -0.2) is 98.2 Å². The molecule has 0 unspecified atom stereocenters. The average molecular weight is 542 g/mol. The lowest BCUT2D eigenvalue weighted by Crippen LogP contribution is -2.76. The van der Waals surface area contributed by atoms with Gasteiger partial charge in [0.05, 0.1) is 36.1 Å². The van der Waals surface area contributed by atoms with Crippen molar-refractivity contribution in [2.75, 3.05) is 41.0 Å². The van der Waals surface area contributed by atoms with Gasteiger partial charge in [-0.15, -0.1) is 0 Å². The predicted octanol–water partition coefficient (Wildman–Crippen LogP) is 2.37. The van der Waals surface area contributed by atoms with E-state index < -0.39 is 23.2 Å².